The largest absolute Gasteiger partial charge is 0.397 e. The normalized spacial score (nSPS) is 12.1. The van der Waals surface area contributed by atoms with Gasteiger partial charge >= 0.3 is 5.01 Å². The Balaban J connectivity index is 2.80. The Bertz CT molecular complexity index is 580. The molecule has 2 aromatic rings. The van der Waals surface area contributed by atoms with E-state index in [1.807, 2.05) is 13.8 Å². The summed E-state index contributed by atoms with van der Waals surface area (Å²) in [5.74, 6) is 0. The van der Waals surface area contributed by atoms with Gasteiger partial charge in [-0.05, 0) is 6.92 Å². The number of halogens is 1. The maximum atomic E-state index is 10.7. The lowest BCUT2D eigenvalue weighted by Crippen LogP contribution is -2.33. The van der Waals surface area contributed by atoms with Gasteiger partial charge in [-0.2, -0.15) is 0 Å². The number of thiazole rings is 1. The van der Waals surface area contributed by atoms with Gasteiger partial charge in [0, 0.05) is 12.1 Å². The number of aromatic nitrogens is 1. The number of nitrogens with zero attached hydrogens (tertiary/aromatic N) is 2. The highest BCUT2D eigenvalue weighted by molar-refractivity contribution is 7.65. The summed E-state index contributed by atoms with van der Waals surface area (Å²) in [5.41, 5.74) is 1.09. The van der Waals surface area contributed by atoms with Crippen LogP contribution in [0.25, 0.3) is 10.2 Å². The summed E-state index contributed by atoms with van der Waals surface area (Å²) in [7, 11) is 5.73. The molecule has 16 heavy (non-hydrogen) atoms. The average molecular weight is 259 g/mol. The van der Waals surface area contributed by atoms with Crippen LogP contribution in [0.1, 0.15) is 11.9 Å². The molecule has 1 aromatic carbocycles. The number of rotatable bonds is 2. The van der Waals surface area contributed by atoms with Gasteiger partial charge < -0.3 is 0 Å². The zero-order valence-corrected chi connectivity index (χ0v) is 10.5. The van der Waals surface area contributed by atoms with Crippen molar-refractivity contribution in [2.45, 2.75) is 20.4 Å². The Hall–Kier alpha value is -1.20. The van der Waals surface area contributed by atoms with Gasteiger partial charge in [0.05, 0.1) is 17.9 Å². The third kappa shape index (κ3) is 1.56. The van der Waals surface area contributed by atoms with Crippen LogP contribution in [0.15, 0.2) is 18.2 Å². The maximum Gasteiger partial charge on any atom is 0.397 e. The van der Waals surface area contributed by atoms with Crippen LogP contribution in [-0.4, -0.2) is 4.92 Å². The molecule has 0 amide bonds. The lowest BCUT2D eigenvalue weighted by molar-refractivity contribution is -0.669. The van der Waals surface area contributed by atoms with Gasteiger partial charge in [-0.15, -0.1) is 4.57 Å². The second kappa shape index (κ2) is 3.99. The summed E-state index contributed by atoms with van der Waals surface area (Å²) < 4.78 is 2.95. The standard InChI is InChI=1S/C10H11ClN2O2S/c1-3-12-7(2)16(11)10-6-8(13(14)15)4-5-9(10)12/h4-6H,3H2,1-2H3/q+2. The molecular formula is C10H11ClN2O2S+2. The smallest absolute Gasteiger partial charge is 0.258 e. The molecule has 1 unspecified atom stereocenters. The molecule has 0 aliphatic heterocycles. The molecule has 0 bridgehead atoms. The van der Waals surface area contributed by atoms with Crippen molar-refractivity contribution in [3.8, 4) is 0 Å². The van der Waals surface area contributed by atoms with Crippen LogP contribution in [0.5, 0.6) is 0 Å². The Morgan fingerprint density at radius 1 is 1.56 bits per heavy atom. The van der Waals surface area contributed by atoms with Gasteiger partial charge in [-0.1, -0.05) is 0 Å². The van der Waals surface area contributed by atoms with E-state index < -0.39 is 14.6 Å². The number of fused-ring (bicyclic) bond motifs is 1. The molecule has 0 radical (unpaired) electrons. The van der Waals surface area contributed by atoms with Crippen molar-refractivity contribution < 1.29 is 9.49 Å². The molecule has 4 nitrogen and oxygen atoms in total. The van der Waals surface area contributed by atoms with Crippen LogP contribution in [0, 0.1) is 17.0 Å². The van der Waals surface area contributed by atoms with Gasteiger partial charge in [0.1, 0.15) is 0 Å². The SMILES string of the molecule is CC[n+]1c(C)[s+](Cl)c2cc([N+](=O)[O-])ccc21. The van der Waals surface area contributed by atoms with E-state index in [0.717, 1.165) is 21.8 Å². The summed E-state index contributed by atoms with van der Waals surface area (Å²) in [4.78, 5) is 10.3. The van der Waals surface area contributed by atoms with Crippen LogP contribution in [0.4, 0.5) is 5.69 Å². The van der Waals surface area contributed by atoms with Gasteiger partial charge in [-0.25, -0.2) is 0 Å². The summed E-state index contributed by atoms with van der Waals surface area (Å²) in [6, 6.07) is 4.87. The second-order valence-electron chi connectivity index (χ2n) is 3.43. The van der Waals surface area contributed by atoms with Crippen LogP contribution in [0.2, 0.25) is 0 Å². The molecule has 6 heteroatoms. The predicted octanol–water partition coefficient (Wildman–Crippen LogP) is 3.11. The van der Waals surface area contributed by atoms with Crippen molar-refractivity contribution in [1.82, 2.24) is 0 Å². The van der Waals surface area contributed by atoms with E-state index in [0.29, 0.717) is 0 Å². The highest BCUT2D eigenvalue weighted by Gasteiger charge is 2.32. The fourth-order valence-electron chi connectivity index (χ4n) is 1.80. The first kappa shape index (κ1) is 11.3. The van der Waals surface area contributed by atoms with Crippen molar-refractivity contribution in [2.75, 3.05) is 0 Å². The minimum Gasteiger partial charge on any atom is -0.258 e. The molecule has 84 valence electrons. The molecule has 0 saturated heterocycles. The number of hydrogen-bond acceptors (Lipinski definition) is 2. The second-order valence-corrected chi connectivity index (χ2v) is 5.90. The minimum absolute atomic E-state index is 0.0997. The fraction of sp³-hybridized carbons (Fsp3) is 0.300. The predicted molar refractivity (Wildman–Crippen MR) is 64.9 cm³/mol. The first-order valence-corrected chi connectivity index (χ1v) is 6.91. The first-order chi connectivity index (χ1) is 7.56. The molecule has 1 heterocycles. The summed E-state index contributed by atoms with van der Waals surface area (Å²) in [6.45, 7) is 4.83. The monoisotopic (exact) mass is 258 g/mol. The number of nitro benzene ring substituents is 1. The number of benzene rings is 1. The van der Waals surface area contributed by atoms with E-state index in [2.05, 4.69) is 4.57 Å². The molecule has 0 spiro atoms. The van der Waals surface area contributed by atoms with Crippen molar-refractivity contribution in [1.29, 1.82) is 0 Å². The molecule has 0 N–H and O–H groups in total. The lowest BCUT2D eigenvalue weighted by Gasteiger charge is -1.87. The summed E-state index contributed by atoms with van der Waals surface area (Å²) >= 11 is 0. The Morgan fingerprint density at radius 3 is 2.81 bits per heavy atom. The number of non-ortho nitro benzene ring substituents is 1. The third-order valence-corrected chi connectivity index (χ3v) is 5.21. The van der Waals surface area contributed by atoms with E-state index in [1.165, 1.54) is 6.07 Å². The van der Waals surface area contributed by atoms with Crippen molar-refractivity contribution in [3.05, 3.63) is 33.3 Å². The molecule has 0 aliphatic carbocycles. The van der Waals surface area contributed by atoms with Crippen LogP contribution in [0.3, 0.4) is 0 Å². The van der Waals surface area contributed by atoms with E-state index in [4.69, 9.17) is 10.7 Å². The lowest BCUT2D eigenvalue weighted by atomic mass is 10.3. The van der Waals surface area contributed by atoms with Gasteiger partial charge in [-0.3, -0.25) is 10.1 Å². The molecule has 1 aromatic heterocycles. The van der Waals surface area contributed by atoms with Crippen LogP contribution in [-0.2, 0) is 6.54 Å². The zero-order valence-electron chi connectivity index (χ0n) is 8.94. The highest BCUT2D eigenvalue weighted by atomic mass is 35.7. The number of nitro groups is 1. The van der Waals surface area contributed by atoms with Crippen LogP contribution < -0.4 is 4.57 Å². The van der Waals surface area contributed by atoms with Crippen molar-refractivity contribution in [2.24, 2.45) is 0 Å². The maximum absolute atomic E-state index is 10.7. The Kier molecular flexibility index (Phi) is 2.82. The molecule has 0 aliphatic rings. The van der Waals surface area contributed by atoms with Crippen molar-refractivity contribution >= 4 is 36.3 Å². The van der Waals surface area contributed by atoms with E-state index >= 15 is 0 Å². The van der Waals surface area contributed by atoms with E-state index in [9.17, 15) is 10.1 Å². The number of aryl methyl sites for hydroxylation is 1. The molecule has 2 rings (SSSR count). The molecular weight excluding hydrogens is 248 g/mol. The number of hydrogen-bond donors (Lipinski definition) is 0. The topological polar surface area (TPSA) is 47.0 Å². The first-order valence-electron chi connectivity index (χ1n) is 4.86. The molecule has 1 atom stereocenters. The van der Waals surface area contributed by atoms with E-state index in [1.54, 1.807) is 12.1 Å². The minimum atomic E-state index is -0.539. The summed E-state index contributed by atoms with van der Waals surface area (Å²) in [5, 5.41) is 11.7. The van der Waals surface area contributed by atoms with Gasteiger partial charge in [0.2, 0.25) is 10.7 Å². The average Bonchev–Trinajstić information content (AvgIpc) is 2.51. The Morgan fingerprint density at radius 2 is 2.25 bits per heavy atom. The Labute approximate surface area is 99.7 Å². The van der Waals surface area contributed by atoms with E-state index in [-0.39, 0.29) is 5.69 Å². The quantitative estimate of drug-likeness (QED) is 0.360. The highest BCUT2D eigenvalue weighted by Crippen LogP contribution is 2.37. The van der Waals surface area contributed by atoms with Crippen LogP contribution >= 0.6 is 20.4 Å². The zero-order chi connectivity index (χ0) is 11.9. The summed E-state index contributed by atoms with van der Waals surface area (Å²) in [6.07, 6.45) is 0. The molecule has 0 fully saturated rings. The van der Waals surface area contributed by atoms with Gasteiger partial charge in [0.25, 0.3) is 15.9 Å². The third-order valence-electron chi connectivity index (χ3n) is 2.59. The van der Waals surface area contributed by atoms with Crippen molar-refractivity contribution in [3.63, 3.8) is 0 Å². The fourth-order valence-corrected chi connectivity index (χ4v) is 3.75. The molecule has 0 saturated carbocycles. The van der Waals surface area contributed by atoms with Gasteiger partial charge in [0.15, 0.2) is 16.2 Å².